The van der Waals surface area contributed by atoms with E-state index in [1.807, 2.05) is 6.92 Å². The van der Waals surface area contributed by atoms with Gasteiger partial charge < -0.3 is 15.2 Å². The van der Waals surface area contributed by atoms with Crippen LogP contribution in [-0.4, -0.2) is 30.8 Å². The van der Waals surface area contributed by atoms with Gasteiger partial charge in [-0.25, -0.2) is 0 Å². The third kappa shape index (κ3) is 2.01. The first-order valence-corrected chi connectivity index (χ1v) is 5.70. The van der Waals surface area contributed by atoms with Crippen molar-refractivity contribution in [3.05, 3.63) is 0 Å². The number of carbonyl (C=O) groups excluding carboxylic acids is 1. The van der Waals surface area contributed by atoms with Crippen LogP contribution in [0.1, 0.15) is 32.6 Å². The molecule has 0 aromatic rings. The average molecular weight is 213 g/mol. The standard InChI is InChI=1S/C11H19NO3/c1-8-4-2-3-5-11(8,12)10(13)15-9-6-14-7-9/h8-9H,2-7,12H2,1H3. The minimum Gasteiger partial charge on any atom is -0.456 e. The SMILES string of the molecule is CC1CCCCC1(N)C(=O)OC1COC1. The maximum absolute atomic E-state index is 11.9. The van der Waals surface area contributed by atoms with E-state index < -0.39 is 5.54 Å². The molecule has 2 atom stereocenters. The molecule has 0 aromatic carbocycles. The fourth-order valence-electron chi connectivity index (χ4n) is 2.22. The topological polar surface area (TPSA) is 61.6 Å². The molecule has 2 fully saturated rings. The van der Waals surface area contributed by atoms with Crippen LogP contribution in [0.2, 0.25) is 0 Å². The predicted octanol–water partition coefficient (Wildman–Crippen LogP) is 0.836. The van der Waals surface area contributed by atoms with E-state index >= 15 is 0 Å². The molecule has 2 unspecified atom stereocenters. The fraction of sp³-hybridized carbons (Fsp3) is 0.909. The Morgan fingerprint density at radius 3 is 2.73 bits per heavy atom. The Morgan fingerprint density at radius 1 is 1.47 bits per heavy atom. The molecule has 2 rings (SSSR count). The smallest absolute Gasteiger partial charge is 0.326 e. The van der Waals surface area contributed by atoms with Crippen LogP contribution in [0.15, 0.2) is 0 Å². The summed E-state index contributed by atoms with van der Waals surface area (Å²) >= 11 is 0. The van der Waals surface area contributed by atoms with E-state index in [1.54, 1.807) is 0 Å². The van der Waals surface area contributed by atoms with Gasteiger partial charge in [-0.05, 0) is 18.8 Å². The molecule has 0 bridgehead atoms. The van der Waals surface area contributed by atoms with E-state index in [-0.39, 0.29) is 18.0 Å². The Kier molecular flexibility index (Phi) is 2.98. The minimum absolute atomic E-state index is 0.0629. The van der Waals surface area contributed by atoms with Gasteiger partial charge in [0.25, 0.3) is 0 Å². The lowest BCUT2D eigenvalue weighted by Crippen LogP contribution is -2.57. The summed E-state index contributed by atoms with van der Waals surface area (Å²) < 4.78 is 10.3. The van der Waals surface area contributed by atoms with Crippen molar-refractivity contribution in [1.29, 1.82) is 0 Å². The van der Waals surface area contributed by atoms with E-state index in [0.29, 0.717) is 13.2 Å². The molecule has 1 saturated carbocycles. The zero-order valence-corrected chi connectivity index (χ0v) is 9.20. The molecule has 15 heavy (non-hydrogen) atoms. The molecule has 0 spiro atoms. The van der Waals surface area contributed by atoms with Crippen molar-refractivity contribution in [2.24, 2.45) is 11.7 Å². The number of ether oxygens (including phenoxy) is 2. The normalized spacial score (nSPS) is 37.1. The molecule has 86 valence electrons. The number of nitrogens with two attached hydrogens (primary N) is 1. The van der Waals surface area contributed by atoms with Gasteiger partial charge in [0, 0.05) is 0 Å². The Bertz CT molecular complexity index is 252. The number of rotatable bonds is 2. The highest BCUT2D eigenvalue weighted by molar-refractivity contribution is 5.81. The van der Waals surface area contributed by atoms with Crippen LogP contribution in [0.5, 0.6) is 0 Å². The molecule has 1 saturated heterocycles. The van der Waals surface area contributed by atoms with Gasteiger partial charge in [-0.2, -0.15) is 0 Å². The summed E-state index contributed by atoms with van der Waals surface area (Å²) in [6, 6.07) is 0. The number of esters is 1. The van der Waals surface area contributed by atoms with Crippen LogP contribution in [0, 0.1) is 5.92 Å². The van der Waals surface area contributed by atoms with Gasteiger partial charge in [-0.3, -0.25) is 4.79 Å². The van der Waals surface area contributed by atoms with Crippen molar-refractivity contribution >= 4 is 5.97 Å². The highest BCUT2D eigenvalue weighted by Crippen LogP contribution is 2.33. The Hall–Kier alpha value is -0.610. The molecule has 0 radical (unpaired) electrons. The quantitative estimate of drug-likeness (QED) is 0.690. The maximum atomic E-state index is 11.9. The summed E-state index contributed by atoms with van der Waals surface area (Å²) in [6.45, 7) is 3.09. The minimum atomic E-state index is -0.756. The maximum Gasteiger partial charge on any atom is 0.326 e. The molecule has 0 aromatic heterocycles. The predicted molar refractivity (Wildman–Crippen MR) is 55.2 cm³/mol. The van der Waals surface area contributed by atoms with E-state index in [2.05, 4.69) is 0 Å². The third-order valence-electron chi connectivity index (χ3n) is 3.62. The van der Waals surface area contributed by atoms with Crippen molar-refractivity contribution in [2.75, 3.05) is 13.2 Å². The van der Waals surface area contributed by atoms with Crippen LogP contribution < -0.4 is 5.73 Å². The van der Waals surface area contributed by atoms with Crippen molar-refractivity contribution in [3.63, 3.8) is 0 Å². The van der Waals surface area contributed by atoms with E-state index in [0.717, 1.165) is 19.3 Å². The van der Waals surface area contributed by atoms with Crippen LogP contribution in [0.3, 0.4) is 0 Å². The van der Waals surface area contributed by atoms with E-state index in [1.165, 1.54) is 6.42 Å². The summed E-state index contributed by atoms with van der Waals surface area (Å²) in [6.07, 6.45) is 3.90. The second-order valence-corrected chi connectivity index (χ2v) is 4.75. The first kappa shape index (κ1) is 10.9. The molecule has 4 heteroatoms. The highest BCUT2D eigenvalue weighted by atomic mass is 16.6. The van der Waals surface area contributed by atoms with Crippen molar-refractivity contribution in [1.82, 2.24) is 0 Å². The lowest BCUT2D eigenvalue weighted by molar-refractivity contribution is -0.181. The molecule has 1 aliphatic carbocycles. The number of hydrogen-bond acceptors (Lipinski definition) is 4. The Balaban J connectivity index is 1.95. The summed E-state index contributed by atoms with van der Waals surface area (Å²) in [5.41, 5.74) is 5.40. The van der Waals surface area contributed by atoms with Gasteiger partial charge in [-0.1, -0.05) is 19.8 Å². The second-order valence-electron chi connectivity index (χ2n) is 4.75. The number of hydrogen-bond donors (Lipinski definition) is 1. The van der Waals surface area contributed by atoms with Crippen LogP contribution in [0.4, 0.5) is 0 Å². The molecule has 2 N–H and O–H groups in total. The lowest BCUT2D eigenvalue weighted by atomic mass is 9.74. The summed E-state index contributed by atoms with van der Waals surface area (Å²) in [5, 5.41) is 0. The van der Waals surface area contributed by atoms with E-state index in [4.69, 9.17) is 15.2 Å². The van der Waals surface area contributed by atoms with Crippen LogP contribution in [-0.2, 0) is 14.3 Å². The monoisotopic (exact) mass is 213 g/mol. The Morgan fingerprint density at radius 2 is 2.20 bits per heavy atom. The summed E-state index contributed by atoms with van der Waals surface area (Å²) in [7, 11) is 0. The zero-order chi connectivity index (χ0) is 10.9. The zero-order valence-electron chi connectivity index (χ0n) is 9.20. The van der Waals surface area contributed by atoms with Crippen LogP contribution in [0.25, 0.3) is 0 Å². The molecular weight excluding hydrogens is 194 g/mol. The Labute approximate surface area is 90.1 Å². The van der Waals surface area contributed by atoms with Crippen molar-refractivity contribution in [2.45, 2.75) is 44.2 Å². The van der Waals surface area contributed by atoms with Gasteiger partial charge >= 0.3 is 5.97 Å². The largest absolute Gasteiger partial charge is 0.456 e. The first-order chi connectivity index (χ1) is 7.13. The average Bonchev–Trinajstić information content (AvgIpc) is 2.16. The molecule has 1 heterocycles. The van der Waals surface area contributed by atoms with Gasteiger partial charge in [-0.15, -0.1) is 0 Å². The lowest BCUT2D eigenvalue weighted by Gasteiger charge is -2.39. The van der Waals surface area contributed by atoms with Crippen molar-refractivity contribution in [3.8, 4) is 0 Å². The fourth-order valence-corrected chi connectivity index (χ4v) is 2.22. The van der Waals surface area contributed by atoms with Gasteiger partial charge in [0.15, 0.2) is 0 Å². The van der Waals surface area contributed by atoms with Gasteiger partial charge in [0.05, 0.1) is 13.2 Å². The van der Waals surface area contributed by atoms with Gasteiger partial charge in [0.1, 0.15) is 11.6 Å². The molecular formula is C11H19NO3. The first-order valence-electron chi connectivity index (χ1n) is 5.70. The highest BCUT2D eigenvalue weighted by Gasteiger charge is 2.44. The number of carbonyl (C=O) groups is 1. The third-order valence-corrected chi connectivity index (χ3v) is 3.62. The molecule has 2 aliphatic rings. The van der Waals surface area contributed by atoms with Crippen molar-refractivity contribution < 1.29 is 14.3 Å². The molecule has 0 amide bonds. The van der Waals surface area contributed by atoms with Crippen LogP contribution >= 0.6 is 0 Å². The molecule has 4 nitrogen and oxygen atoms in total. The second kappa shape index (κ2) is 4.10. The van der Waals surface area contributed by atoms with E-state index in [9.17, 15) is 4.79 Å². The molecule has 1 aliphatic heterocycles. The summed E-state index contributed by atoms with van der Waals surface area (Å²) in [5.74, 6) is -0.0113. The van der Waals surface area contributed by atoms with Gasteiger partial charge in [0.2, 0.25) is 0 Å². The summed E-state index contributed by atoms with van der Waals surface area (Å²) in [4.78, 5) is 11.9.